The smallest absolute Gasteiger partial charge is 0.178 e. The molecule has 1 aromatic carbocycles. The average molecular weight is 260 g/mol. The lowest BCUT2D eigenvalue weighted by Crippen LogP contribution is -2.29. The maximum Gasteiger partial charge on any atom is 0.178 e. The number of fused-ring (bicyclic) bond motifs is 1. The Kier molecular flexibility index (Phi) is 4.71. The molecule has 0 aliphatic rings. The first-order valence-corrected chi connectivity index (χ1v) is 6.58. The van der Waals surface area contributed by atoms with Crippen LogP contribution < -0.4 is 0 Å². The molecule has 0 spiro atoms. The van der Waals surface area contributed by atoms with Gasteiger partial charge in [-0.1, -0.05) is 18.2 Å². The van der Waals surface area contributed by atoms with E-state index in [4.69, 9.17) is 4.74 Å². The number of H-pyrrole nitrogens is 1. The maximum atomic E-state index is 12.3. The van der Waals surface area contributed by atoms with Gasteiger partial charge < -0.3 is 9.72 Å². The van der Waals surface area contributed by atoms with Gasteiger partial charge in [-0.25, -0.2) is 0 Å². The molecule has 0 atom stereocenters. The van der Waals surface area contributed by atoms with Crippen LogP contribution in [0.25, 0.3) is 10.9 Å². The Labute approximate surface area is 113 Å². The third kappa shape index (κ3) is 3.43. The van der Waals surface area contributed by atoms with Crippen LogP contribution in [0.3, 0.4) is 0 Å². The number of aromatic nitrogens is 1. The second-order valence-corrected chi connectivity index (χ2v) is 4.61. The van der Waals surface area contributed by atoms with Crippen LogP contribution in [0.15, 0.2) is 30.5 Å². The minimum Gasteiger partial charge on any atom is -0.380 e. The predicted molar refractivity (Wildman–Crippen MR) is 76.6 cm³/mol. The second kappa shape index (κ2) is 6.50. The Balaban J connectivity index is 2.00. The van der Waals surface area contributed by atoms with Gasteiger partial charge in [0.05, 0.1) is 13.2 Å². The molecule has 0 fully saturated rings. The summed E-state index contributed by atoms with van der Waals surface area (Å²) < 4.78 is 5.29. The second-order valence-electron chi connectivity index (χ2n) is 4.61. The van der Waals surface area contributed by atoms with E-state index in [2.05, 4.69) is 4.98 Å². The van der Waals surface area contributed by atoms with Crippen LogP contribution >= 0.6 is 0 Å². The van der Waals surface area contributed by atoms with Gasteiger partial charge in [0.25, 0.3) is 0 Å². The summed E-state index contributed by atoms with van der Waals surface area (Å²) in [6, 6.07) is 7.86. The standard InChI is InChI=1S/C15H20N2O2/c1-3-19-9-8-17(2)11-15(18)13-10-16-14-7-5-4-6-12(13)14/h4-7,10,16H,3,8-9,11H2,1-2H3. The third-order valence-corrected chi connectivity index (χ3v) is 3.12. The zero-order valence-electron chi connectivity index (χ0n) is 11.5. The Morgan fingerprint density at radius 3 is 2.95 bits per heavy atom. The van der Waals surface area contributed by atoms with Crippen molar-refractivity contribution < 1.29 is 9.53 Å². The van der Waals surface area contributed by atoms with E-state index in [0.29, 0.717) is 19.8 Å². The fourth-order valence-electron chi connectivity index (χ4n) is 2.08. The molecule has 2 aromatic rings. The Hall–Kier alpha value is -1.65. The number of carbonyl (C=O) groups excluding carboxylic acids is 1. The summed E-state index contributed by atoms with van der Waals surface area (Å²) in [5, 5.41) is 0.991. The van der Waals surface area contributed by atoms with Gasteiger partial charge in [-0.15, -0.1) is 0 Å². The summed E-state index contributed by atoms with van der Waals surface area (Å²) >= 11 is 0. The molecule has 0 saturated heterocycles. The molecule has 0 aliphatic carbocycles. The maximum absolute atomic E-state index is 12.3. The van der Waals surface area contributed by atoms with Crippen molar-refractivity contribution in [2.24, 2.45) is 0 Å². The number of likely N-dealkylation sites (N-methyl/N-ethyl adjacent to an activating group) is 1. The van der Waals surface area contributed by atoms with Crippen LogP contribution in [-0.4, -0.2) is 49.0 Å². The number of benzene rings is 1. The van der Waals surface area contributed by atoms with E-state index < -0.39 is 0 Å². The van der Waals surface area contributed by atoms with Crippen molar-refractivity contribution in [3.05, 3.63) is 36.0 Å². The number of nitrogens with one attached hydrogen (secondary N) is 1. The van der Waals surface area contributed by atoms with Gasteiger partial charge in [-0.05, 0) is 20.0 Å². The number of para-hydroxylation sites is 1. The number of carbonyl (C=O) groups is 1. The molecule has 0 bridgehead atoms. The van der Waals surface area contributed by atoms with Crippen LogP contribution in [0.2, 0.25) is 0 Å². The van der Waals surface area contributed by atoms with E-state index in [0.717, 1.165) is 23.0 Å². The van der Waals surface area contributed by atoms with E-state index >= 15 is 0 Å². The molecule has 19 heavy (non-hydrogen) atoms. The van der Waals surface area contributed by atoms with Gasteiger partial charge in [0.15, 0.2) is 5.78 Å². The van der Waals surface area contributed by atoms with Crippen LogP contribution in [0.4, 0.5) is 0 Å². The number of nitrogens with zero attached hydrogens (tertiary/aromatic N) is 1. The Morgan fingerprint density at radius 2 is 2.16 bits per heavy atom. The normalized spacial score (nSPS) is 11.3. The SMILES string of the molecule is CCOCCN(C)CC(=O)c1c[nH]c2ccccc12. The van der Waals surface area contributed by atoms with Crippen molar-refractivity contribution in [1.29, 1.82) is 0 Å². The van der Waals surface area contributed by atoms with Crippen LogP contribution in [0, 0.1) is 0 Å². The number of aromatic amines is 1. The van der Waals surface area contributed by atoms with Crippen LogP contribution in [0.1, 0.15) is 17.3 Å². The lowest BCUT2D eigenvalue weighted by atomic mass is 10.1. The van der Waals surface area contributed by atoms with Gasteiger partial charge in [-0.2, -0.15) is 0 Å². The van der Waals surface area contributed by atoms with Crippen LogP contribution in [0.5, 0.6) is 0 Å². The molecular weight excluding hydrogens is 240 g/mol. The van der Waals surface area contributed by atoms with Crippen molar-refractivity contribution in [2.45, 2.75) is 6.92 Å². The zero-order valence-corrected chi connectivity index (χ0v) is 11.5. The molecule has 0 aliphatic heterocycles. The Morgan fingerprint density at radius 1 is 1.37 bits per heavy atom. The van der Waals surface area contributed by atoms with E-state index in [1.165, 1.54) is 0 Å². The highest BCUT2D eigenvalue weighted by atomic mass is 16.5. The monoisotopic (exact) mass is 260 g/mol. The Bertz CT molecular complexity index is 548. The van der Waals surface area contributed by atoms with Gasteiger partial charge in [0, 0.05) is 35.8 Å². The summed E-state index contributed by atoms with van der Waals surface area (Å²) in [5.41, 5.74) is 1.77. The molecule has 1 aromatic heterocycles. The number of hydrogen-bond acceptors (Lipinski definition) is 3. The molecule has 102 valence electrons. The minimum atomic E-state index is 0.136. The van der Waals surface area contributed by atoms with Crippen molar-refractivity contribution in [3.63, 3.8) is 0 Å². The van der Waals surface area contributed by atoms with Gasteiger partial charge >= 0.3 is 0 Å². The molecule has 0 saturated carbocycles. The first-order valence-electron chi connectivity index (χ1n) is 6.58. The number of hydrogen-bond donors (Lipinski definition) is 1. The van der Waals surface area contributed by atoms with Gasteiger partial charge in [0.1, 0.15) is 0 Å². The summed E-state index contributed by atoms with van der Waals surface area (Å²) in [6.07, 6.45) is 1.80. The van der Waals surface area contributed by atoms with E-state index in [-0.39, 0.29) is 5.78 Å². The number of ether oxygens (including phenoxy) is 1. The molecule has 1 N–H and O–H groups in total. The van der Waals surface area contributed by atoms with Gasteiger partial charge in [0.2, 0.25) is 0 Å². The van der Waals surface area contributed by atoms with Crippen molar-refractivity contribution in [3.8, 4) is 0 Å². The largest absolute Gasteiger partial charge is 0.380 e. The third-order valence-electron chi connectivity index (χ3n) is 3.12. The van der Waals surface area contributed by atoms with Crippen molar-refractivity contribution >= 4 is 16.7 Å². The minimum absolute atomic E-state index is 0.136. The van der Waals surface area contributed by atoms with Crippen LogP contribution in [-0.2, 0) is 4.74 Å². The molecule has 2 rings (SSSR count). The molecule has 1 heterocycles. The summed E-state index contributed by atoms with van der Waals surface area (Å²) in [4.78, 5) is 17.4. The molecular formula is C15H20N2O2. The summed E-state index contributed by atoms with van der Waals surface area (Å²) in [5.74, 6) is 0.136. The lowest BCUT2D eigenvalue weighted by Gasteiger charge is -2.15. The average Bonchev–Trinajstić information content (AvgIpc) is 2.83. The topological polar surface area (TPSA) is 45.3 Å². The van der Waals surface area contributed by atoms with E-state index in [1.807, 2.05) is 43.1 Å². The summed E-state index contributed by atoms with van der Waals surface area (Å²) in [7, 11) is 1.94. The highest BCUT2D eigenvalue weighted by Crippen LogP contribution is 2.18. The highest BCUT2D eigenvalue weighted by Gasteiger charge is 2.13. The first kappa shape index (κ1) is 13.8. The highest BCUT2D eigenvalue weighted by molar-refractivity contribution is 6.08. The van der Waals surface area contributed by atoms with Crippen molar-refractivity contribution in [2.75, 3.05) is 33.4 Å². The molecule has 0 radical (unpaired) electrons. The number of rotatable bonds is 7. The number of Topliss-reactive ketones (excluding diaryl/α,β-unsaturated/α-hetero) is 1. The van der Waals surface area contributed by atoms with E-state index in [9.17, 15) is 4.79 Å². The lowest BCUT2D eigenvalue weighted by molar-refractivity contribution is 0.0898. The predicted octanol–water partition coefficient (Wildman–Crippen LogP) is 2.32. The number of ketones is 1. The molecule has 0 amide bonds. The van der Waals surface area contributed by atoms with Gasteiger partial charge in [-0.3, -0.25) is 9.69 Å². The zero-order chi connectivity index (χ0) is 13.7. The molecule has 4 nitrogen and oxygen atoms in total. The molecule has 0 unspecified atom stereocenters. The first-order chi connectivity index (χ1) is 9.22. The molecule has 4 heteroatoms. The summed E-state index contributed by atoms with van der Waals surface area (Å²) in [6.45, 7) is 4.52. The quantitative estimate of drug-likeness (QED) is 0.614. The van der Waals surface area contributed by atoms with Crippen molar-refractivity contribution in [1.82, 2.24) is 9.88 Å². The van der Waals surface area contributed by atoms with E-state index in [1.54, 1.807) is 6.20 Å². The fraction of sp³-hybridized carbons (Fsp3) is 0.400. The fourth-order valence-corrected chi connectivity index (χ4v) is 2.08.